The summed E-state index contributed by atoms with van der Waals surface area (Å²) in [5.41, 5.74) is 0.232. The van der Waals surface area contributed by atoms with E-state index in [1.165, 1.54) is 13.0 Å². The third kappa shape index (κ3) is 5.62. The fraction of sp³-hybridized carbons (Fsp3) is 0.211. The highest BCUT2D eigenvalue weighted by molar-refractivity contribution is 5.98. The number of hydrogen-bond acceptors (Lipinski definition) is 5. The van der Waals surface area contributed by atoms with Gasteiger partial charge in [0.15, 0.2) is 6.10 Å². The van der Waals surface area contributed by atoms with Crippen molar-refractivity contribution in [1.82, 2.24) is 10.6 Å². The Morgan fingerprint density at radius 3 is 2.38 bits per heavy atom. The van der Waals surface area contributed by atoms with Crippen molar-refractivity contribution in [3.8, 4) is 11.5 Å². The summed E-state index contributed by atoms with van der Waals surface area (Å²) in [5.74, 6) is -0.305. The Morgan fingerprint density at radius 1 is 1.00 bits per heavy atom. The summed E-state index contributed by atoms with van der Waals surface area (Å²) < 4.78 is 10.8. The van der Waals surface area contributed by atoms with E-state index in [0.29, 0.717) is 18.0 Å². The monoisotopic (exact) mass is 356 g/mol. The van der Waals surface area contributed by atoms with Crippen molar-refractivity contribution < 1.29 is 23.9 Å². The Morgan fingerprint density at radius 2 is 1.69 bits per heavy atom. The zero-order valence-electron chi connectivity index (χ0n) is 14.5. The van der Waals surface area contributed by atoms with Crippen LogP contribution in [0.25, 0.3) is 0 Å². The van der Waals surface area contributed by atoms with Gasteiger partial charge >= 0.3 is 12.0 Å². The lowest BCUT2D eigenvalue weighted by Crippen LogP contribution is -2.44. The molecule has 0 saturated carbocycles. The van der Waals surface area contributed by atoms with Crippen LogP contribution >= 0.6 is 0 Å². The van der Waals surface area contributed by atoms with Gasteiger partial charge in [-0.05, 0) is 44.2 Å². The minimum Gasteiger partial charge on any atom is -0.457 e. The number of nitrogens with one attached hydrogen (secondary N) is 2. The lowest BCUT2D eigenvalue weighted by atomic mass is 10.2. The zero-order chi connectivity index (χ0) is 18.9. The summed E-state index contributed by atoms with van der Waals surface area (Å²) in [5, 5.41) is 4.51. The first-order valence-electron chi connectivity index (χ1n) is 8.12. The van der Waals surface area contributed by atoms with Crippen LogP contribution in [0.15, 0.2) is 54.6 Å². The summed E-state index contributed by atoms with van der Waals surface area (Å²) in [6.45, 7) is 3.48. The molecule has 1 atom stereocenters. The quantitative estimate of drug-likeness (QED) is 0.776. The summed E-state index contributed by atoms with van der Waals surface area (Å²) in [6, 6.07) is 14.9. The highest BCUT2D eigenvalue weighted by Crippen LogP contribution is 2.22. The van der Waals surface area contributed by atoms with Crippen molar-refractivity contribution in [3.05, 3.63) is 60.2 Å². The highest BCUT2D eigenvalue weighted by Gasteiger charge is 2.20. The van der Waals surface area contributed by atoms with Crippen LogP contribution in [-0.2, 0) is 9.53 Å². The van der Waals surface area contributed by atoms with Crippen LogP contribution in [0.5, 0.6) is 11.5 Å². The SMILES string of the molecule is CCNC(=O)NC(=O)[C@H](C)OC(=O)c1cccc(Oc2ccccc2)c1. The maximum atomic E-state index is 12.2. The number of carbonyl (C=O) groups excluding carboxylic acids is 3. The number of rotatable bonds is 6. The number of benzene rings is 2. The number of esters is 1. The van der Waals surface area contributed by atoms with E-state index in [9.17, 15) is 14.4 Å². The number of imide groups is 1. The second-order valence-electron chi connectivity index (χ2n) is 5.34. The van der Waals surface area contributed by atoms with Gasteiger partial charge in [-0.15, -0.1) is 0 Å². The molecule has 0 saturated heterocycles. The fourth-order valence-corrected chi connectivity index (χ4v) is 2.01. The van der Waals surface area contributed by atoms with Crippen molar-refractivity contribution in [2.75, 3.05) is 6.54 Å². The van der Waals surface area contributed by atoms with E-state index in [0.717, 1.165) is 0 Å². The molecule has 0 fully saturated rings. The molecule has 2 N–H and O–H groups in total. The topological polar surface area (TPSA) is 93.7 Å². The van der Waals surface area contributed by atoms with Crippen molar-refractivity contribution in [3.63, 3.8) is 0 Å². The van der Waals surface area contributed by atoms with Gasteiger partial charge in [-0.25, -0.2) is 9.59 Å². The normalized spacial score (nSPS) is 11.2. The molecule has 0 aromatic heterocycles. The van der Waals surface area contributed by atoms with Gasteiger partial charge in [0.25, 0.3) is 5.91 Å². The van der Waals surface area contributed by atoms with Crippen LogP contribution < -0.4 is 15.4 Å². The predicted octanol–water partition coefficient (Wildman–Crippen LogP) is 2.87. The Balaban J connectivity index is 1.97. The lowest BCUT2D eigenvalue weighted by Gasteiger charge is -2.13. The lowest BCUT2D eigenvalue weighted by molar-refractivity contribution is -0.127. The third-order valence-corrected chi connectivity index (χ3v) is 3.28. The van der Waals surface area contributed by atoms with Gasteiger partial charge in [-0.1, -0.05) is 24.3 Å². The van der Waals surface area contributed by atoms with Crippen LogP contribution in [-0.4, -0.2) is 30.6 Å². The molecule has 0 aliphatic carbocycles. The molecule has 0 heterocycles. The average Bonchev–Trinajstić information content (AvgIpc) is 2.62. The van der Waals surface area contributed by atoms with Crippen LogP contribution in [0.2, 0.25) is 0 Å². The molecule has 2 rings (SSSR count). The third-order valence-electron chi connectivity index (χ3n) is 3.28. The van der Waals surface area contributed by atoms with E-state index in [2.05, 4.69) is 10.6 Å². The van der Waals surface area contributed by atoms with E-state index in [1.807, 2.05) is 18.2 Å². The Labute approximate surface area is 151 Å². The molecular formula is C19H20N2O5. The molecule has 7 nitrogen and oxygen atoms in total. The first-order chi connectivity index (χ1) is 12.5. The minimum absolute atomic E-state index is 0.232. The first-order valence-corrected chi connectivity index (χ1v) is 8.12. The largest absolute Gasteiger partial charge is 0.457 e. The summed E-state index contributed by atoms with van der Waals surface area (Å²) in [7, 11) is 0. The maximum Gasteiger partial charge on any atom is 0.339 e. The van der Waals surface area contributed by atoms with Gasteiger partial charge < -0.3 is 14.8 Å². The molecule has 0 aliphatic heterocycles. The van der Waals surface area contributed by atoms with E-state index < -0.39 is 24.0 Å². The second-order valence-corrected chi connectivity index (χ2v) is 5.34. The molecule has 7 heteroatoms. The Kier molecular flexibility index (Phi) is 6.73. The molecule has 0 radical (unpaired) electrons. The number of urea groups is 1. The smallest absolute Gasteiger partial charge is 0.339 e. The van der Waals surface area contributed by atoms with E-state index in [1.54, 1.807) is 37.3 Å². The number of para-hydroxylation sites is 1. The van der Waals surface area contributed by atoms with E-state index in [4.69, 9.17) is 9.47 Å². The van der Waals surface area contributed by atoms with Gasteiger partial charge in [0.1, 0.15) is 11.5 Å². The molecule has 2 aromatic carbocycles. The molecule has 0 unspecified atom stereocenters. The molecule has 3 amide bonds. The number of amides is 3. The van der Waals surface area contributed by atoms with Crippen molar-refractivity contribution in [2.24, 2.45) is 0 Å². The van der Waals surface area contributed by atoms with E-state index in [-0.39, 0.29) is 5.56 Å². The standard InChI is InChI=1S/C19H20N2O5/c1-3-20-19(24)21-17(22)13(2)25-18(23)14-8-7-11-16(12-14)26-15-9-5-4-6-10-15/h4-13H,3H2,1-2H3,(H2,20,21,22,24)/t13-/m0/s1. The Hall–Kier alpha value is -3.35. The van der Waals surface area contributed by atoms with Gasteiger partial charge in [-0.3, -0.25) is 10.1 Å². The molecule has 0 aliphatic rings. The molecular weight excluding hydrogens is 336 g/mol. The van der Waals surface area contributed by atoms with Gasteiger partial charge in [-0.2, -0.15) is 0 Å². The number of hydrogen-bond donors (Lipinski definition) is 2. The highest BCUT2D eigenvalue weighted by atomic mass is 16.5. The zero-order valence-corrected chi connectivity index (χ0v) is 14.5. The van der Waals surface area contributed by atoms with E-state index >= 15 is 0 Å². The van der Waals surface area contributed by atoms with Crippen molar-refractivity contribution in [1.29, 1.82) is 0 Å². The molecule has 0 spiro atoms. The van der Waals surface area contributed by atoms with Crippen LogP contribution in [0.3, 0.4) is 0 Å². The second kappa shape index (κ2) is 9.22. The molecule has 136 valence electrons. The summed E-state index contributed by atoms with van der Waals surface area (Å²) >= 11 is 0. The maximum absolute atomic E-state index is 12.2. The minimum atomic E-state index is -1.12. The van der Waals surface area contributed by atoms with Crippen molar-refractivity contribution in [2.45, 2.75) is 20.0 Å². The first kappa shape index (κ1) is 19.0. The number of carbonyl (C=O) groups is 3. The molecule has 2 aromatic rings. The fourth-order valence-electron chi connectivity index (χ4n) is 2.01. The molecule has 0 bridgehead atoms. The van der Waals surface area contributed by atoms with Crippen LogP contribution in [0, 0.1) is 0 Å². The average molecular weight is 356 g/mol. The summed E-state index contributed by atoms with van der Waals surface area (Å²) in [4.78, 5) is 35.4. The molecule has 26 heavy (non-hydrogen) atoms. The predicted molar refractivity (Wildman–Crippen MR) is 95.1 cm³/mol. The Bertz CT molecular complexity index is 777. The number of ether oxygens (including phenoxy) is 2. The van der Waals surface area contributed by atoms with Gasteiger partial charge in [0.2, 0.25) is 0 Å². The summed E-state index contributed by atoms with van der Waals surface area (Å²) in [6.07, 6.45) is -1.12. The van der Waals surface area contributed by atoms with Crippen molar-refractivity contribution >= 4 is 17.9 Å². The van der Waals surface area contributed by atoms with Crippen LogP contribution in [0.1, 0.15) is 24.2 Å². The van der Waals surface area contributed by atoms with Gasteiger partial charge in [0.05, 0.1) is 5.56 Å². The van der Waals surface area contributed by atoms with Gasteiger partial charge in [0, 0.05) is 6.54 Å². The van der Waals surface area contributed by atoms with Crippen LogP contribution in [0.4, 0.5) is 4.79 Å².